The molecular formula is C16H18NO2. The summed E-state index contributed by atoms with van der Waals surface area (Å²) >= 11 is 0. The van der Waals surface area contributed by atoms with Gasteiger partial charge >= 0.3 is 0 Å². The van der Waals surface area contributed by atoms with E-state index in [1.807, 2.05) is 12.1 Å². The average molecular weight is 256 g/mol. The Morgan fingerprint density at radius 2 is 2.42 bits per heavy atom. The fraction of sp³-hybridized carbons (Fsp3) is 0.500. The molecule has 1 aromatic rings. The molecule has 1 N–H and O–H groups in total. The molecular weight excluding hydrogens is 238 g/mol. The highest BCUT2D eigenvalue weighted by atomic mass is 16.5. The van der Waals surface area contributed by atoms with Gasteiger partial charge in [0.25, 0.3) is 0 Å². The SMILES string of the molecule is CN1CC[C@@]23C=C[C@H](O)C[C@@H]2Oc2[c]ccc(c23)C1. The van der Waals surface area contributed by atoms with Crippen LogP contribution in [0.2, 0.25) is 0 Å². The molecule has 3 aliphatic rings. The number of aliphatic hydroxyl groups excluding tert-OH is 1. The van der Waals surface area contributed by atoms with E-state index < -0.39 is 0 Å². The van der Waals surface area contributed by atoms with E-state index in [1.54, 1.807) is 0 Å². The summed E-state index contributed by atoms with van der Waals surface area (Å²) in [6, 6.07) is 7.36. The third-order valence-corrected chi connectivity index (χ3v) is 4.77. The van der Waals surface area contributed by atoms with Gasteiger partial charge in [0.15, 0.2) is 0 Å². The van der Waals surface area contributed by atoms with Crippen LogP contribution in [0.5, 0.6) is 5.75 Å². The summed E-state index contributed by atoms with van der Waals surface area (Å²) in [7, 11) is 2.16. The Bertz CT molecular complexity index is 554. The Morgan fingerprint density at radius 1 is 1.53 bits per heavy atom. The van der Waals surface area contributed by atoms with Crippen molar-refractivity contribution in [1.29, 1.82) is 0 Å². The van der Waals surface area contributed by atoms with E-state index in [1.165, 1.54) is 11.1 Å². The normalized spacial score (nSPS) is 36.3. The van der Waals surface area contributed by atoms with Gasteiger partial charge in [-0.05, 0) is 25.6 Å². The van der Waals surface area contributed by atoms with Gasteiger partial charge in [-0.2, -0.15) is 0 Å². The summed E-state index contributed by atoms with van der Waals surface area (Å²) in [5, 5.41) is 9.87. The summed E-state index contributed by atoms with van der Waals surface area (Å²) < 4.78 is 6.10. The molecule has 1 aromatic carbocycles. The van der Waals surface area contributed by atoms with E-state index >= 15 is 0 Å². The molecule has 1 aliphatic carbocycles. The van der Waals surface area contributed by atoms with Crippen molar-refractivity contribution in [2.24, 2.45) is 0 Å². The van der Waals surface area contributed by atoms with Crippen LogP contribution in [0.25, 0.3) is 0 Å². The maximum absolute atomic E-state index is 9.87. The predicted octanol–water partition coefficient (Wildman–Crippen LogP) is 1.64. The first-order valence-electron chi connectivity index (χ1n) is 6.96. The Balaban J connectivity index is 1.93. The number of hydrogen-bond acceptors (Lipinski definition) is 3. The fourth-order valence-corrected chi connectivity index (χ4v) is 3.81. The van der Waals surface area contributed by atoms with Gasteiger partial charge in [-0.3, -0.25) is 0 Å². The smallest absolute Gasteiger partial charge is 0.132 e. The van der Waals surface area contributed by atoms with E-state index in [2.05, 4.69) is 30.2 Å². The van der Waals surface area contributed by atoms with Crippen molar-refractivity contribution in [2.45, 2.75) is 37.0 Å². The fourth-order valence-electron chi connectivity index (χ4n) is 3.81. The minimum Gasteiger partial charge on any atom is -0.488 e. The Hall–Kier alpha value is -1.32. The second-order valence-corrected chi connectivity index (χ2v) is 6.00. The maximum Gasteiger partial charge on any atom is 0.132 e. The lowest BCUT2D eigenvalue weighted by molar-refractivity contribution is 0.0835. The van der Waals surface area contributed by atoms with Crippen molar-refractivity contribution in [2.75, 3.05) is 13.6 Å². The van der Waals surface area contributed by atoms with E-state index in [9.17, 15) is 5.11 Å². The quantitative estimate of drug-likeness (QED) is 0.716. The molecule has 3 atom stereocenters. The first-order valence-corrected chi connectivity index (χ1v) is 6.96. The first-order chi connectivity index (χ1) is 9.19. The van der Waals surface area contributed by atoms with Gasteiger partial charge in [-0.25, -0.2) is 0 Å². The second kappa shape index (κ2) is 3.84. The standard InChI is InChI=1S/C16H18NO2/c1-17-8-7-16-6-5-12(18)9-14(16)19-13-4-2-3-11(10-17)15(13)16/h2-3,5-6,12,14,18H,7-10H2,1H3/t12-,14-,16-/m0/s1. The molecule has 0 bridgehead atoms. The van der Waals surface area contributed by atoms with E-state index in [4.69, 9.17) is 4.74 Å². The summed E-state index contributed by atoms with van der Waals surface area (Å²) in [6.07, 6.45) is 5.54. The largest absolute Gasteiger partial charge is 0.488 e. The molecule has 2 aliphatic heterocycles. The van der Waals surface area contributed by atoms with Crippen LogP contribution in [0.4, 0.5) is 0 Å². The minimum absolute atomic E-state index is 0.0492. The summed E-state index contributed by atoms with van der Waals surface area (Å²) in [6.45, 7) is 2.01. The Kier molecular flexibility index (Phi) is 2.32. The topological polar surface area (TPSA) is 32.7 Å². The predicted molar refractivity (Wildman–Crippen MR) is 72.1 cm³/mol. The van der Waals surface area contributed by atoms with Crippen LogP contribution >= 0.6 is 0 Å². The van der Waals surface area contributed by atoms with Crippen molar-refractivity contribution in [3.8, 4) is 5.75 Å². The molecule has 0 fully saturated rings. The Morgan fingerprint density at radius 3 is 3.32 bits per heavy atom. The molecule has 0 saturated carbocycles. The number of nitrogens with zero attached hydrogens (tertiary/aromatic N) is 1. The van der Waals surface area contributed by atoms with Gasteiger partial charge < -0.3 is 14.7 Å². The molecule has 3 nitrogen and oxygen atoms in total. The highest BCUT2D eigenvalue weighted by Gasteiger charge is 2.51. The highest BCUT2D eigenvalue weighted by molar-refractivity contribution is 5.54. The molecule has 0 saturated heterocycles. The summed E-state index contributed by atoms with van der Waals surface area (Å²) in [4.78, 5) is 2.36. The first kappa shape index (κ1) is 11.5. The Labute approximate surface area is 113 Å². The molecule has 1 radical (unpaired) electrons. The number of benzene rings is 1. The maximum atomic E-state index is 9.87. The monoisotopic (exact) mass is 256 g/mol. The number of hydrogen-bond donors (Lipinski definition) is 1. The molecule has 99 valence electrons. The highest BCUT2D eigenvalue weighted by Crippen LogP contribution is 2.52. The van der Waals surface area contributed by atoms with Gasteiger partial charge in [0, 0.05) is 24.6 Å². The number of aliphatic hydroxyl groups is 1. The van der Waals surface area contributed by atoms with E-state index in [-0.39, 0.29) is 17.6 Å². The molecule has 2 heterocycles. The van der Waals surface area contributed by atoms with Crippen LogP contribution in [-0.2, 0) is 12.0 Å². The number of rotatable bonds is 0. The molecule has 19 heavy (non-hydrogen) atoms. The van der Waals surface area contributed by atoms with Crippen LogP contribution in [0.3, 0.4) is 0 Å². The zero-order valence-electron chi connectivity index (χ0n) is 11.1. The average Bonchev–Trinajstić information content (AvgIpc) is 2.63. The molecule has 3 heteroatoms. The van der Waals surface area contributed by atoms with E-state index in [0.717, 1.165) is 25.3 Å². The minimum atomic E-state index is -0.380. The summed E-state index contributed by atoms with van der Waals surface area (Å²) in [5.41, 5.74) is 2.61. The van der Waals surface area contributed by atoms with Crippen LogP contribution in [0.15, 0.2) is 24.3 Å². The second-order valence-electron chi connectivity index (χ2n) is 6.00. The molecule has 4 rings (SSSR count). The van der Waals surface area contributed by atoms with Gasteiger partial charge in [0.05, 0.1) is 11.5 Å². The van der Waals surface area contributed by atoms with Crippen LogP contribution in [0, 0.1) is 6.07 Å². The zero-order valence-corrected chi connectivity index (χ0v) is 11.1. The van der Waals surface area contributed by atoms with Gasteiger partial charge in [0.1, 0.15) is 11.9 Å². The molecule has 0 aromatic heterocycles. The van der Waals surface area contributed by atoms with Crippen molar-refractivity contribution >= 4 is 0 Å². The zero-order chi connectivity index (χ0) is 13.0. The van der Waals surface area contributed by atoms with E-state index in [0.29, 0.717) is 6.42 Å². The van der Waals surface area contributed by atoms with Crippen molar-refractivity contribution in [1.82, 2.24) is 4.90 Å². The lowest BCUT2D eigenvalue weighted by Gasteiger charge is -2.35. The van der Waals surface area contributed by atoms with Crippen molar-refractivity contribution < 1.29 is 9.84 Å². The van der Waals surface area contributed by atoms with Gasteiger partial charge in [0.2, 0.25) is 0 Å². The van der Waals surface area contributed by atoms with Gasteiger partial charge in [-0.15, -0.1) is 0 Å². The third-order valence-electron chi connectivity index (χ3n) is 4.77. The summed E-state index contributed by atoms with van der Waals surface area (Å²) in [5.74, 6) is 0.900. The van der Waals surface area contributed by atoms with Crippen LogP contribution in [0.1, 0.15) is 24.0 Å². The molecule has 0 unspecified atom stereocenters. The van der Waals surface area contributed by atoms with Crippen molar-refractivity contribution in [3.63, 3.8) is 0 Å². The molecule has 1 spiro atoms. The number of ether oxygens (including phenoxy) is 1. The lowest BCUT2D eigenvalue weighted by Crippen LogP contribution is -2.42. The van der Waals surface area contributed by atoms with Crippen LogP contribution in [-0.4, -0.2) is 35.8 Å². The molecule has 0 amide bonds. The van der Waals surface area contributed by atoms with Crippen molar-refractivity contribution in [3.05, 3.63) is 41.5 Å². The van der Waals surface area contributed by atoms with Crippen LogP contribution < -0.4 is 4.74 Å². The third kappa shape index (κ3) is 1.52. The van der Waals surface area contributed by atoms with Gasteiger partial charge in [-0.1, -0.05) is 24.3 Å². The lowest BCUT2D eigenvalue weighted by atomic mass is 9.69.